The first-order valence-electron chi connectivity index (χ1n) is 4.87. The van der Waals surface area contributed by atoms with E-state index in [1.54, 1.807) is 6.92 Å². The van der Waals surface area contributed by atoms with Crippen LogP contribution < -0.4 is 4.72 Å². The molecule has 0 saturated heterocycles. The summed E-state index contributed by atoms with van der Waals surface area (Å²) in [7, 11) is -3.93. The van der Waals surface area contributed by atoms with Gasteiger partial charge in [0.05, 0.1) is 4.90 Å². The second-order valence-corrected chi connectivity index (χ2v) is 5.09. The van der Waals surface area contributed by atoms with Gasteiger partial charge in [0.1, 0.15) is 11.9 Å². The van der Waals surface area contributed by atoms with Crippen molar-refractivity contribution in [1.82, 2.24) is 4.72 Å². The van der Waals surface area contributed by atoms with E-state index in [9.17, 15) is 17.6 Å². The summed E-state index contributed by atoms with van der Waals surface area (Å²) in [6.07, 6.45) is 0.121. The van der Waals surface area contributed by atoms with E-state index in [-0.39, 0.29) is 11.3 Å². The van der Waals surface area contributed by atoms with Crippen LogP contribution in [-0.4, -0.2) is 25.5 Å². The fraction of sp³-hybridized carbons (Fsp3) is 0.300. The van der Waals surface area contributed by atoms with Crippen molar-refractivity contribution in [2.45, 2.75) is 24.3 Å². The highest BCUT2D eigenvalue weighted by Crippen LogP contribution is 2.10. The summed E-state index contributed by atoms with van der Waals surface area (Å²) in [5.41, 5.74) is 0. The lowest BCUT2D eigenvalue weighted by Crippen LogP contribution is -2.40. The SMILES string of the molecule is CC[C@H](NS(=O)(=O)c1ccc(F)cc1)C(=O)O. The van der Waals surface area contributed by atoms with Gasteiger partial charge >= 0.3 is 5.97 Å². The highest BCUT2D eigenvalue weighted by atomic mass is 32.2. The Morgan fingerprint density at radius 3 is 2.35 bits per heavy atom. The minimum Gasteiger partial charge on any atom is -0.480 e. The van der Waals surface area contributed by atoms with Crippen LogP contribution in [0.5, 0.6) is 0 Å². The molecular formula is C10H12FNO4S. The molecule has 0 aromatic heterocycles. The largest absolute Gasteiger partial charge is 0.480 e. The Bertz CT molecular complexity index is 498. The third kappa shape index (κ3) is 3.50. The molecule has 1 rings (SSSR count). The second-order valence-electron chi connectivity index (χ2n) is 3.37. The predicted octanol–water partition coefficient (Wildman–Crippen LogP) is 0.967. The van der Waals surface area contributed by atoms with Gasteiger partial charge in [-0.2, -0.15) is 4.72 Å². The zero-order valence-corrected chi connectivity index (χ0v) is 9.87. The number of hydrogen-bond donors (Lipinski definition) is 2. The van der Waals surface area contributed by atoms with Crippen molar-refractivity contribution in [3.63, 3.8) is 0 Å². The average molecular weight is 261 g/mol. The van der Waals surface area contributed by atoms with Crippen LogP contribution in [0.4, 0.5) is 4.39 Å². The number of aliphatic carboxylic acids is 1. The van der Waals surface area contributed by atoms with E-state index in [4.69, 9.17) is 5.11 Å². The first-order chi connectivity index (χ1) is 7.86. The van der Waals surface area contributed by atoms with Crippen molar-refractivity contribution < 1.29 is 22.7 Å². The van der Waals surface area contributed by atoms with E-state index in [1.165, 1.54) is 0 Å². The minimum absolute atomic E-state index is 0.121. The summed E-state index contributed by atoms with van der Waals surface area (Å²) < 4.78 is 38.1. The number of benzene rings is 1. The normalized spacial score (nSPS) is 13.3. The fourth-order valence-electron chi connectivity index (χ4n) is 1.18. The van der Waals surface area contributed by atoms with Crippen molar-refractivity contribution in [3.05, 3.63) is 30.1 Å². The number of carbonyl (C=O) groups is 1. The van der Waals surface area contributed by atoms with Gasteiger partial charge in [-0.05, 0) is 30.7 Å². The molecule has 1 aromatic rings. The van der Waals surface area contributed by atoms with Crippen LogP contribution >= 0.6 is 0 Å². The number of rotatable bonds is 5. The van der Waals surface area contributed by atoms with E-state index in [0.717, 1.165) is 24.3 Å². The van der Waals surface area contributed by atoms with Crippen LogP contribution in [0.1, 0.15) is 13.3 Å². The van der Waals surface area contributed by atoms with Crippen molar-refractivity contribution in [1.29, 1.82) is 0 Å². The topological polar surface area (TPSA) is 83.5 Å². The van der Waals surface area contributed by atoms with E-state index >= 15 is 0 Å². The Labute approximate surface area is 98.3 Å². The van der Waals surface area contributed by atoms with Crippen molar-refractivity contribution in [2.24, 2.45) is 0 Å². The summed E-state index contributed by atoms with van der Waals surface area (Å²) in [4.78, 5) is 10.5. The maximum atomic E-state index is 12.6. The number of halogens is 1. The molecule has 0 bridgehead atoms. The molecule has 0 heterocycles. The summed E-state index contributed by atoms with van der Waals surface area (Å²) in [5.74, 6) is -1.81. The van der Waals surface area contributed by atoms with E-state index < -0.39 is 27.9 Å². The smallest absolute Gasteiger partial charge is 0.321 e. The molecule has 0 fully saturated rings. The molecule has 0 unspecified atom stereocenters. The molecule has 0 amide bonds. The third-order valence-electron chi connectivity index (χ3n) is 2.13. The maximum absolute atomic E-state index is 12.6. The van der Waals surface area contributed by atoms with Gasteiger partial charge in [0.25, 0.3) is 0 Å². The van der Waals surface area contributed by atoms with Crippen LogP contribution in [0.15, 0.2) is 29.2 Å². The quantitative estimate of drug-likeness (QED) is 0.827. The lowest BCUT2D eigenvalue weighted by Gasteiger charge is -2.12. The number of nitrogens with one attached hydrogen (secondary N) is 1. The summed E-state index contributed by atoms with van der Waals surface area (Å²) in [5, 5.41) is 8.74. The Kier molecular flexibility index (Phi) is 4.19. The van der Waals surface area contributed by atoms with Gasteiger partial charge in [-0.3, -0.25) is 4.79 Å². The molecule has 0 saturated carbocycles. The van der Waals surface area contributed by atoms with Gasteiger partial charge < -0.3 is 5.11 Å². The van der Waals surface area contributed by atoms with Gasteiger partial charge in [0.15, 0.2) is 0 Å². The maximum Gasteiger partial charge on any atom is 0.321 e. The zero-order chi connectivity index (χ0) is 13.1. The van der Waals surface area contributed by atoms with Crippen molar-refractivity contribution in [2.75, 3.05) is 0 Å². The highest BCUT2D eigenvalue weighted by Gasteiger charge is 2.23. The highest BCUT2D eigenvalue weighted by molar-refractivity contribution is 7.89. The monoisotopic (exact) mass is 261 g/mol. The molecule has 0 spiro atoms. The Balaban J connectivity index is 2.96. The van der Waals surface area contributed by atoms with Crippen LogP contribution in [-0.2, 0) is 14.8 Å². The van der Waals surface area contributed by atoms with Gasteiger partial charge in [0.2, 0.25) is 10.0 Å². The zero-order valence-electron chi connectivity index (χ0n) is 9.05. The third-order valence-corrected chi connectivity index (χ3v) is 3.62. The molecular weight excluding hydrogens is 249 g/mol. The summed E-state index contributed by atoms with van der Waals surface area (Å²) in [6, 6.07) is 2.95. The minimum atomic E-state index is -3.93. The van der Waals surface area contributed by atoms with Crippen molar-refractivity contribution >= 4 is 16.0 Å². The molecule has 17 heavy (non-hydrogen) atoms. The molecule has 0 aliphatic heterocycles. The average Bonchev–Trinajstić information content (AvgIpc) is 2.26. The number of hydrogen-bond acceptors (Lipinski definition) is 3. The fourth-order valence-corrected chi connectivity index (χ4v) is 2.45. The first-order valence-corrected chi connectivity index (χ1v) is 6.36. The predicted molar refractivity (Wildman–Crippen MR) is 58.4 cm³/mol. The molecule has 94 valence electrons. The lowest BCUT2D eigenvalue weighted by molar-refractivity contribution is -0.139. The van der Waals surface area contributed by atoms with Gasteiger partial charge in [-0.25, -0.2) is 12.8 Å². The molecule has 0 aliphatic carbocycles. The van der Waals surface area contributed by atoms with E-state index in [2.05, 4.69) is 0 Å². The van der Waals surface area contributed by atoms with Crippen LogP contribution in [0.25, 0.3) is 0 Å². The number of carboxylic acid groups (broad SMARTS) is 1. The van der Waals surface area contributed by atoms with Crippen LogP contribution in [0.3, 0.4) is 0 Å². The summed E-state index contributed by atoms with van der Waals surface area (Å²) >= 11 is 0. The standard InChI is InChI=1S/C10H12FNO4S/c1-2-9(10(13)14)12-17(15,16)8-5-3-7(11)4-6-8/h3-6,9,12H,2H2,1H3,(H,13,14)/t9-/m0/s1. The lowest BCUT2D eigenvalue weighted by atomic mass is 10.2. The molecule has 7 heteroatoms. The van der Waals surface area contributed by atoms with Gasteiger partial charge in [-0.15, -0.1) is 0 Å². The molecule has 2 N–H and O–H groups in total. The van der Waals surface area contributed by atoms with E-state index in [1.807, 2.05) is 4.72 Å². The number of carboxylic acids is 1. The Morgan fingerprint density at radius 2 is 1.94 bits per heavy atom. The molecule has 1 atom stereocenters. The molecule has 0 radical (unpaired) electrons. The van der Waals surface area contributed by atoms with Gasteiger partial charge in [0, 0.05) is 0 Å². The first kappa shape index (κ1) is 13.6. The van der Waals surface area contributed by atoms with Crippen LogP contribution in [0, 0.1) is 5.82 Å². The molecule has 5 nitrogen and oxygen atoms in total. The van der Waals surface area contributed by atoms with E-state index in [0.29, 0.717) is 0 Å². The molecule has 0 aliphatic rings. The summed E-state index contributed by atoms with van der Waals surface area (Å²) in [6.45, 7) is 1.55. The molecule has 1 aromatic carbocycles. The Hall–Kier alpha value is -1.47. The van der Waals surface area contributed by atoms with Gasteiger partial charge in [-0.1, -0.05) is 6.92 Å². The Morgan fingerprint density at radius 1 is 1.41 bits per heavy atom. The van der Waals surface area contributed by atoms with Crippen molar-refractivity contribution in [3.8, 4) is 0 Å². The second kappa shape index (κ2) is 5.24. The number of sulfonamides is 1. The van der Waals surface area contributed by atoms with Crippen LogP contribution in [0.2, 0.25) is 0 Å².